The molecule has 5 heteroatoms. The van der Waals surface area contributed by atoms with E-state index >= 15 is 0 Å². The van der Waals surface area contributed by atoms with Gasteiger partial charge >= 0.3 is 29.6 Å². The first-order chi connectivity index (χ1) is 7.06. The third kappa shape index (κ3) is 3.20. The topological polar surface area (TPSA) is 64.2 Å². The standard InChI is InChI=1S/C11H21N2O2.Na/c1-4-6-8(3)11(5-2)7-12-10(15)13-9(11)14;/h8,10,12H,4-7H2,1-3H3,(H,13,14);/q-1;+1. The zero-order valence-electron chi connectivity index (χ0n) is 10.8. The van der Waals surface area contributed by atoms with Crippen molar-refractivity contribution in [1.29, 1.82) is 0 Å². The Morgan fingerprint density at radius 2 is 2.19 bits per heavy atom. The van der Waals surface area contributed by atoms with Crippen molar-refractivity contribution in [2.75, 3.05) is 6.54 Å². The van der Waals surface area contributed by atoms with Gasteiger partial charge in [0.05, 0.1) is 5.41 Å². The van der Waals surface area contributed by atoms with E-state index in [0.717, 1.165) is 19.3 Å². The summed E-state index contributed by atoms with van der Waals surface area (Å²) in [5, 5.41) is 16.4. The van der Waals surface area contributed by atoms with Crippen LogP contribution < -0.4 is 45.3 Å². The molecule has 16 heavy (non-hydrogen) atoms. The molecule has 3 unspecified atom stereocenters. The number of carbonyl (C=O) groups excluding carboxylic acids is 1. The SMILES string of the molecule is CCCC(C)C1(CC)CNC([O-])NC1=O.[Na+]. The summed E-state index contributed by atoms with van der Waals surface area (Å²) in [6.07, 6.45) is 1.73. The van der Waals surface area contributed by atoms with E-state index in [-0.39, 0.29) is 35.5 Å². The molecule has 1 aliphatic rings. The third-order valence-corrected chi connectivity index (χ3v) is 3.61. The molecule has 0 saturated carbocycles. The minimum absolute atomic E-state index is 0. The van der Waals surface area contributed by atoms with Crippen molar-refractivity contribution in [3.8, 4) is 0 Å². The molecule has 1 rings (SSSR count). The predicted octanol–water partition coefficient (Wildman–Crippen LogP) is -2.81. The summed E-state index contributed by atoms with van der Waals surface area (Å²) < 4.78 is 0. The van der Waals surface area contributed by atoms with E-state index in [4.69, 9.17) is 0 Å². The molecule has 0 radical (unpaired) electrons. The van der Waals surface area contributed by atoms with Crippen molar-refractivity contribution in [3.05, 3.63) is 0 Å². The quantitative estimate of drug-likeness (QED) is 0.518. The molecule has 0 bridgehead atoms. The van der Waals surface area contributed by atoms with E-state index in [1.807, 2.05) is 6.92 Å². The Morgan fingerprint density at radius 3 is 2.62 bits per heavy atom. The van der Waals surface area contributed by atoms with Crippen LogP contribution in [0.2, 0.25) is 0 Å². The summed E-state index contributed by atoms with van der Waals surface area (Å²) in [5.41, 5.74) is -0.392. The minimum atomic E-state index is -1.13. The number of rotatable bonds is 4. The normalized spacial score (nSPS) is 31.5. The number of carbonyl (C=O) groups is 1. The van der Waals surface area contributed by atoms with Crippen molar-refractivity contribution in [3.63, 3.8) is 0 Å². The van der Waals surface area contributed by atoms with Crippen LogP contribution in [0.4, 0.5) is 0 Å². The average molecular weight is 236 g/mol. The van der Waals surface area contributed by atoms with Gasteiger partial charge in [0.15, 0.2) is 0 Å². The van der Waals surface area contributed by atoms with Crippen LogP contribution in [0.25, 0.3) is 0 Å². The zero-order valence-corrected chi connectivity index (χ0v) is 12.8. The maximum Gasteiger partial charge on any atom is 1.00 e. The number of hydrogen-bond donors (Lipinski definition) is 2. The van der Waals surface area contributed by atoms with E-state index < -0.39 is 11.8 Å². The van der Waals surface area contributed by atoms with Gasteiger partial charge in [0.2, 0.25) is 5.91 Å². The van der Waals surface area contributed by atoms with Crippen molar-refractivity contribution >= 4 is 5.91 Å². The van der Waals surface area contributed by atoms with Gasteiger partial charge in [0, 0.05) is 12.9 Å². The van der Waals surface area contributed by atoms with E-state index in [9.17, 15) is 9.90 Å². The Hall–Kier alpha value is 0.390. The fraction of sp³-hybridized carbons (Fsp3) is 0.909. The molecule has 1 heterocycles. The van der Waals surface area contributed by atoms with Gasteiger partial charge in [-0.2, -0.15) is 0 Å². The summed E-state index contributed by atoms with van der Waals surface area (Å²) in [6, 6.07) is 0. The molecule has 1 fully saturated rings. The first kappa shape index (κ1) is 16.4. The Bertz CT molecular complexity index is 238. The summed E-state index contributed by atoms with van der Waals surface area (Å²) in [7, 11) is 0. The third-order valence-electron chi connectivity index (χ3n) is 3.61. The Labute approximate surface area is 120 Å². The Morgan fingerprint density at radius 1 is 1.56 bits per heavy atom. The molecule has 1 aliphatic heterocycles. The van der Waals surface area contributed by atoms with Crippen molar-refractivity contribution < 1.29 is 39.5 Å². The number of nitrogens with one attached hydrogen (secondary N) is 2. The first-order valence-corrected chi connectivity index (χ1v) is 5.77. The van der Waals surface area contributed by atoms with Crippen LogP contribution in [0.15, 0.2) is 0 Å². The fourth-order valence-electron chi connectivity index (χ4n) is 2.41. The van der Waals surface area contributed by atoms with Crippen LogP contribution in [0, 0.1) is 11.3 Å². The van der Waals surface area contributed by atoms with Crippen molar-refractivity contribution in [2.24, 2.45) is 11.3 Å². The van der Waals surface area contributed by atoms with Crippen LogP contribution in [0.3, 0.4) is 0 Å². The second-order valence-corrected chi connectivity index (χ2v) is 4.43. The molecule has 4 nitrogen and oxygen atoms in total. The summed E-state index contributed by atoms with van der Waals surface area (Å²) in [4.78, 5) is 11.9. The van der Waals surface area contributed by atoms with Gasteiger partial charge in [-0.1, -0.05) is 27.2 Å². The van der Waals surface area contributed by atoms with Crippen LogP contribution in [-0.2, 0) is 4.79 Å². The number of amides is 1. The largest absolute Gasteiger partial charge is 1.00 e. The molecule has 0 aromatic rings. The van der Waals surface area contributed by atoms with Gasteiger partial charge in [-0.25, -0.2) is 0 Å². The van der Waals surface area contributed by atoms with Crippen molar-refractivity contribution in [2.45, 2.75) is 46.4 Å². The molecule has 0 aromatic carbocycles. The Kier molecular flexibility index (Phi) is 7.14. The zero-order chi connectivity index (χ0) is 11.5. The van der Waals surface area contributed by atoms with Gasteiger partial charge < -0.3 is 15.7 Å². The summed E-state index contributed by atoms with van der Waals surface area (Å²) in [6.45, 7) is 6.73. The average Bonchev–Trinajstić information content (AvgIpc) is 2.19. The summed E-state index contributed by atoms with van der Waals surface area (Å²) >= 11 is 0. The minimum Gasteiger partial charge on any atom is -0.825 e. The van der Waals surface area contributed by atoms with E-state index in [2.05, 4.69) is 24.5 Å². The molecule has 0 aromatic heterocycles. The molecule has 0 spiro atoms. The van der Waals surface area contributed by atoms with E-state index in [1.165, 1.54) is 0 Å². The molecule has 88 valence electrons. The van der Waals surface area contributed by atoms with Gasteiger partial charge in [0.1, 0.15) is 0 Å². The van der Waals surface area contributed by atoms with Crippen LogP contribution in [-0.4, -0.2) is 18.8 Å². The first-order valence-electron chi connectivity index (χ1n) is 5.77. The van der Waals surface area contributed by atoms with Gasteiger partial charge in [-0.15, -0.1) is 0 Å². The molecule has 3 atom stereocenters. The van der Waals surface area contributed by atoms with Crippen LogP contribution in [0.1, 0.15) is 40.0 Å². The van der Waals surface area contributed by atoms with Gasteiger partial charge in [-0.3, -0.25) is 4.79 Å². The second-order valence-electron chi connectivity index (χ2n) is 4.43. The maximum atomic E-state index is 11.9. The van der Waals surface area contributed by atoms with E-state index in [1.54, 1.807) is 0 Å². The molecular formula is C11H21N2NaO2. The fourth-order valence-corrected chi connectivity index (χ4v) is 2.41. The van der Waals surface area contributed by atoms with Gasteiger partial charge in [-0.05, 0) is 18.8 Å². The molecular weight excluding hydrogens is 215 g/mol. The second kappa shape index (κ2) is 6.97. The molecule has 0 aliphatic carbocycles. The molecule has 1 saturated heterocycles. The number of hydrogen-bond acceptors (Lipinski definition) is 3. The van der Waals surface area contributed by atoms with Crippen molar-refractivity contribution in [1.82, 2.24) is 10.6 Å². The maximum absolute atomic E-state index is 11.9. The smallest absolute Gasteiger partial charge is 0.825 e. The van der Waals surface area contributed by atoms with Crippen LogP contribution >= 0.6 is 0 Å². The molecule has 1 amide bonds. The summed E-state index contributed by atoms with van der Waals surface area (Å²) in [5.74, 6) is 0.234. The monoisotopic (exact) mass is 236 g/mol. The molecule has 2 N–H and O–H groups in total. The van der Waals surface area contributed by atoms with Crippen LogP contribution in [0.5, 0.6) is 0 Å². The van der Waals surface area contributed by atoms with E-state index in [0.29, 0.717) is 12.5 Å². The predicted molar refractivity (Wildman–Crippen MR) is 56.7 cm³/mol. The van der Waals surface area contributed by atoms with Gasteiger partial charge in [0.25, 0.3) is 0 Å². The Balaban J connectivity index is 0.00000225.